The van der Waals surface area contributed by atoms with E-state index >= 15 is 0 Å². The minimum absolute atomic E-state index is 0.0488. The molecule has 1 aliphatic heterocycles. The van der Waals surface area contributed by atoms with Gasteiger partial charge in [-0.1, -0.05) is 12.1 Å². The van der Waals surface area contributed by atoms with Crippen molar-refractivity contribution < 1.29 is 14.3 Å². The molecule has 128 valence electrons. The predicted molar refractivity (Wildman–Crippen MR) is 92.9 cm³/mol. The van der Waals surface area contributed by atoms with Crippen LogP contribution < -0.4 is 10.9 Å². The molecule has 1 aliphatic rings. The van der Waals surface area contributed by atoms with Crippen LogP contribution in [-0.4, -0.2) is 15.6 Å². The van der Waals surface area contributed by atoms with Crippen molar-refractivity contribution in [2.45, 2.75) is 32.9 Å². The Labute approximate surface area is 143 Å². The van der Waals surface area contributed by atoms with E-state index in [0.29, 0.717) is 17.6 Å². The zero-order chi connectivity index (χ0) is 17.7. The van der Waals surface area contributed by atoms with Gasteiger partial charge >= 0.3 is 0 Å². The van der Waals surface area contributed by atoms with Crippen LogP contribution in [0.25, 0.3) is 10.9 Å². The van der Waals surface area contributed by atoms with Crippen LogP contribution in [0.3, 0.4) is 0 Å². The van der Waals surface area contributed by atoms with Crippen LogP contribution in [0.2, 0.25) is 0 Å². The molecule has 6 heteroatoms. The molecule has 1 atom stereocenters. The molecular formula is C19H18N2O4. The minimum Gasteiger partial charge on any atom is -0.506 e. The number of pyridine rings is 1. The number of hydrogen-bond donors (Lipinski definition) is 2. The molecule has 2 N–H and O–H groups in total. The number of aryl methyl sites for hydroxylation is 1. The summed E-state index contributed by atoms with van der Waals surface area (Å²) in [5.41, 5.74) is 1.04. The van der Waals surface area contributed by atoms with Crippen LogP contribution in [0.5, 0.6) is 5.75 Å². The number of aromatic hydroxyl groups is 1. The first-order chi connectivity index (χ1) is 12.0. The van der Waals surface area contributed by atoms with Crippen LogP contribution in [-0.2, 0) is 13.0 Å². The number of carbonyl (C=O) groups excluding carboxylic acids is 1. The first kappa shape index (κ1) is 15.5. The Balaban J connectivity index is 1.78. The molecule has 0 radical (unpaired) electrons. The van der Waals surface area contributed by atoms with Gasteiger partial charge in [0.15, 0.2) is 0 Å². The molecule has 6 nitrogen and oxygen atoms in total. The van der Waals surface area contributed by atoms with Gasteiger partial charge in [-0.15, -0.1) is 0 Å². The molecule has 0 fully saturated rings. The number of para-hydroxylation sites is 1. The van der Waals surface area contributed by atoms with Gasteiger partial charge in [-0.25, -0.2) is 0 Å². The smallest absolute Gasteiger partial charge is 0.267 e. The maximum absolute atomic E-state index is 12.9. The van der Waals surface area contributed by atoms with Crippen LogP contribution in [0.4, 0.5) is 0 Å². The number of benzene rings is 1. The van der Waals surface area contributed by atoms with Gasteiger partial charge in [-0.2, -0.15) is 0 Å². The summed E-state index contributed by atoms with van der Waals surface area (Å²) in [7, 11) is 0. The SMILES string of the molecule is Cc1ccc(CNC(=O)c2c(O)c3cccc4c3n(c2=O)[C@H](C)C4)o1. The first-order valence-corrected chi connectivity index (χ1v) is 8.20. The Kier molecular flexibility index (Phi) is 3.42. The van der Waals surface area contributed by atoms with E-state index in [0.717, 1.165) is 16.8 Å². The first-order valence-electron chi connectivity index (χ1n) is 8.20. The van der Waals surface area contributed by atoms with Crippen molar-refractivity contribution in [1.82, 2.24) is 9.88 Å². The van der Waals surface area contributed by atoms with Gasteiger partial charge in [-0.05, 0) is 44.0 Å². The van der Waals surface area contributed by atoms with Gasteiger partial charge in [-0.3, -0.25) is 9.59 Å². The lowest BCUT2D eigenvalue weighted by Crippen LogP contribution is -2.33. The van der Waals surface area contributed by atoms with E-state index in [-0.39, 0.29) is 23.9 Å². The number of nitrogens with zero attached hydrogens (tertiary/aromatic N) is 1. The lowest BCUT2D eigenvalue weighted by atomic mass is 10.1. The van der Waals surface area contributed by atoms with Gasteiger partial charge < -0.3 is 19.4 Å². The van der Waals surface area contributed by atoms with E-state index in [4.69, 9.17) is 4.42 Å². The fourth-order valence-electron chi connectivity index (χ4n) is 3.56. The van der Waals surface area contributed by atoms with Crippen LogP contribution >= 0.6 is 0 Å². The molecule has 0 spiro atoms. The Morgan fingerprint density at radius 1 is 1.36 bits per heavy atom. The molecule has 2 aromatic heterocycles. The average Bonchev–Trinajstić information content (AvgIpc) is 3.14. The van der Waals surface area contributed by atoms with Crippen molar-refractivity contribution in [3.63, 3.8) is 0 Å². The van der Waals surface area contributed by atoms with E-state index < -0.39 is 11.5 Å². The molecule has 3 heterocycles. The molecule has 25 heavy (non-hydrogen) atoms. The van der Waals surface area contributed by atoms with Crippen molar-refractivity contribution in [1.29, 1.82) is 0 Å². The normalized spacial score (nSPS) is 15.7. The number of nitrogens with one attached hydrogen (secondary N) is 1. The second kappa shape index (κ2) is 5.51. The molecule has 0 saturated heterocycles. The highest BCUT2D eigenvalue weighted by Gasteiger charge is 2.29. The fraction of sp³-hybridized carbons (Fsp3) is 0.263. The summed E-state index contributed by atoms with van der Waals surface area (Å²) in [6.07, 6.45) is 0.711. The quantitative estimate of drug-likeness (QED) is 0.769. The number of furan rings is 1. The minimum atomic E-state index is -0.605. The van der Waals surface area contributed by atoms with Crippen molar-refractivity contribution >= 4 is 16.8 Å². The zero-order valence-electron chi connectivity index (χ0n) is 14.0. The number of amides is 1. The lowest BCUT2D eigenvalue weighted by molar-refractivity contribution is 0.0943. The molecule has 0 aliphatic carbocycles. The highest BCUT2D eigenvalue weighted by atomic mass is 16.3. The van der Waals surface area contributed by atoms with Crippen molar-refractivity contribution in [2.24, 2.45) is 0 Å². The number of hydrogen-bond acceptors (Lipinski definition) is 4. The van der Waals surface area contributed by atoms with E-state index in [1.165, 1.54) is 0 Å². The molecule has 0 bridgehead atoms. The maximum Gasteiger partial charge on any atom is 0.267 e. The monoisotopic (exact) mass is 338 g/mol. The number of aromatic nitrogens is 1. The summed E-state index contributed by atoms with van der Waals surface area (Å²) >= 11 is 0. The van der Waals surface area contributed by atoms with Crippen molar-refractivity contribution in [2.75, 3.05) is 0 Å². The molecule has 1 amide bonds. The second-order valence-corrected chi connectivity index (χ2v) is 6.46. The summed E-state index contributed by atoms with van der Waals surface area (Å²) in [5.74, 6) is 0.464. The van der Waals surface area contributed by atoms with E-state index in [9.17, 15) is 14.7 Å². The molecular weight excluding hydrogens is 320 g/mol. The molecule has 3 aromatic rings. The lowest BCUT2D eigenvalue weighted by Gasteiger charge is -2.13. The fourth-order valence-corrected chi connectivity index (χ4v) is 3.56. The Morgan fingerprint density at radius 3 is 2.88 bits per heavy atom. The third-order valence-corrected chi connectivity index (χ3v) is 4.69. The van der Waals surface area contributed by atoms with Crippen molar-refractivity contribution in [3.8, 4) is 5.75 Å². The van der Waals surface area contributed by atoms with E-state index in [1.807, 2.05) is 26.0 Å². The van der Waals surface area contributed by atoms with Crippen LogP contribution in [0, 0.1) is 6.92 Å². The maximum atomic E-state index is 12.9. The predicted octanol–water partition coefficient (Wildman–Crippen LogP) is 2.66. The molecule has 0 unspecified atom stereocenters. The third kappa shape index (κ3) is 2.33. The number of rotatable bonds is 3. The Morgan fingerprint density at radius 2 is 2.16 bits per heavy atom. The highest BCUT2D eigenvalue weighted by Crippen LogP contribution is 2.35. The second-order valence-electron chi connectivity index (χ2n) is 6.46. The summed E-state index contributed by atoms with van der Waals surface area (Å²) in [5, 5.41) is 13.7. The summed E-state index contributed by atoms with van der Waals surface area (Å²) in [4.78, 5) is 25.4. The largest absolute Gasteiger partial charge is 0.506 e. The van der Waals surface area contributed by atoms with Crippen LogP contribution in [0.15, 0.2) is 39.5 Å². The standard InChI is InChI=1S/C19H18N2O4/c1-10-8-12-4-3-5-14-16(12)21(10)19(24)15(17(14)22)18(23)20-9-13-7-6-11(2)25-13/h3-7,10,22H,8-9H2,1-2H3,(H,20,23)/t10-/m1/s1. The van der Waals surface area contributed by atoms with Gasteiger partial charge in [0.05, 0.1) is 12.1 Å². The van der Waals surface area contributed by atoms with E-state index in [1.54, 1.807) is 22.8 Å². The summed E-state index contributed by atoms with van der Waals surface area (Å²) < 4.78 is 7.02. The summed E-state index contributed by atoms with van der Waals surface area (Å²) in [6.45, 7) is 3.90. The average molecular weight is 338 g/mol. The van der Waals surface area contributed by atoms with Crippen LogP contribution in [0.1, 0.15) is 40.4 Å². The van der Waals surface area contributed by atoms with Gasteiger partial charge in [0.25, 0.3) is 11.5 Å². The molecule has 1 aromatic carbocycles. The Bertz CT molecular complexity index is 1060. The topological polar surface area (TPSA) is 84.5 Å². The molecule has 0 saturated carbocycles. The van der Waals surface area contributed by atoms with Crippen molar-refractivity contribution in [3.05, 3.63) is 63.3 Å². The zero-order valence-corrected chi connectivity index (χ0v) is 14.0. The summed E-state index contributed by atoms with van der Waals surface area (Å²) in [6, 6.07) is 9.02. The third-order valence-electron chi connectivity index (χ3n) is 4.69. The van der Waals surface area contributed by atoms with Gasteiger partial charge in [0.2, 0.25) is 0 Å². The highest BCUT2D eigenvalue weighted by molar-refractivity contribution is 6.03. The molecule has 4 rings (SSSR count). The Hall–Kier alpha value is -3.02. The van der Waals surface area contributed by atoms with Gasteiger partial charge in [0, 0.05) is 11.4 Å². The van der Waals surface area contributed by atoms with E-state index in [2.05, 4.69) is 5.32 Å². The van der Waals surface area contributed by atoms with Gasteiger partial charge in [0.1, 0.15) is 22.8 Å². The number of carbonyl (C=O) groups is 1.